The molecule has 168 valence electrons. The highest BCUT2D eigenvalue weighted by Crippen LogP contribution is 2.34. The van der Waals surface area contributed by atoms with E-state index in [0.717, 1.165) is 48.6 Å². The lowest BCUT2D eigenvalue weighted by atomic mass is 10.1. The van der Waals surface area contributed by atoms with E-state index in [2.05, 4.69) is 21.3 Å². The van der Waals surface area contributed by atoms with Gasteiger partial charge in [-0.05, 0) is 31.0 Å². The maximum Gasteiger partial charge on any atom is 0.317 e. The van der Waals surface area contributed by atoms with E-state index in [1.54, 1.807) is 13.3 Å². The summed E-state index contributed by atoms with van der Waals surface area (Å²) in [6.45, 7) is 6.87. The van der Waals surface area contributed by atoms with E-state index in [1.807, 2.05) is 61.2 Å². The van der Waals surface area contributed by atoms with Gasteiger partial charge >= 0.3 is 6.03 Å². The van der Waals surface area contributed by atoms with Crippen LogP contribution in [0.4, 0.5) is 10.5 Å². The van der Waals surface area contributed by atoms with Crippen LogP contribution >= 0.6 is 0 Å². The minimum Gasteiger partial charge on any atom is -0.496 e. The van der Waals surface area contributed by atoms with Gasteiger partial charge in [-0.3, -0.25) is 0 Å². The van der Waals surface area contributed by atoms with Crippen molar-refractivity contribution < 1.29 is 13.9 Å². The van der Waals surface area contributed by atoms with Crippen LogP contribution in [0.2, 0.25) is 0 Å². The number of carbonyl (C=O) groups is 1. The molecule has 2 aromatic carbocycles. The quantitative estimate of drug-likeness (QED) is 0.633. The topological polar surface area (TPSA) is 70.8 Å². The van der Waals surface area contributed by atoms with E-state index < -0.39 is 0 Å². The molecule has 1 aromatic heterocycles. The second kappa shape index (κ2) is 9.77. The molecule has 0 bridgehead atoms. The Bertz CT molecular complexity index is 1050. The lowest BCUT2D eigenvalue weighted by Crippen LogP contribution is -2.43. The molecule has 0 saturated carbocycles. The number of nitrogens with zero attached hydrogens (tertiary/aromatic N) is 3. The number of benzene rings is 2. The van der Waals surface area contributed by atoms with E-state index in [1.165, 1.54) is 0 Å². The number of ether oxygens (including phenoxy) is 1. The summed E-state index contributed by atoms with van der Waals surface area (Å²) in [5.74, 6) is 2.06. The van der Waals surface area contributed by atoms with E-state index in [0.29, 0.717) is 18.2 Å². The summed E-state index contributed by atoms with van der Waals surface area (Å²) in [7, 11) is 1.66. The molecule has 2 amide bonds. The summed E-state index contributed by atoms with van der Waals surface area (Å²) in [5.41, 5.74) is 3.05. The summed E-state index contributed by atoms with van der Waals surface area (Å²) in [5, 5.41) is 3.13. The van der Waals surface area contributed by atoms with Gasteiger partial charge in [-0.2, -0.15) is 0 Å². The number of rotatable bonds is 5. The summed E-state index contributed by atoms with van der Waals surface area (Å²) < 4.78 is 11.3. The van der Waals surface area contributed by atoms with Crippen molar-refractivity contribution in [2.75, 3.05) is 38.2 Å². The molecule has 4 rings (SSSR count). The van der Waals surface area contributed by atoms with E-state index in [4.69, 9.17) is 9.15 Å². The SMILES string of the molecule is COc1cc(N2CCCN(C(=O)NC(C)c3ccccc3)CC2)ccc1-c1cnc(C)o1. The number of aryl methyl sites for hydroxylation is 1. The van der Waals surface area contributed by atoms with Crippen LogP contribution in [-0.4, -0.2) is 49.2 Å². The Morgan fingerprint density at radius 1 is 1.12 bits per heavy atom. The molecular formula is C25H30N4O3. The van der Waals surface area contributed by atoms with Gasteiger partial charge in [0, 0.05) is 44.9 Å². The second-order valence-corrected chi connectivity index (χ2v) is 8.04. The van der Waals surface area contributed by atoms with E-state index in [-0.39, 0.29) is 12.1 Å². The van der Waals surface area contributed by atoms with Crippen molar-refractivity contribution in [2.45, 2.75) is 26.3 Å². The molecule has 1 saturated heterocycles. The van der Waals surface area contributed by atoms with Gasteiger partial charge in [0.25, 0.3) is 0 Å². The zero-order valence-electron chi connectivity index (χ0n) is 18.9. The predicted molar refractivity (Wildman–Crippen MR) is 125 cm³/mol. The summed E-state index contributed by atoms with van der Waals surface area (Å²) in [4.78, 5) is 21.2. The van der Waals surface area contributed by atoms with Crippen molar-refractivity contribution in [3.8, 4) is 17.1 Å². The van der Waals surface area contributed by atoms with Crippen molar-refractivity contribution in [1.29, 1.82) is 0 Å². The van der Waals surface area contributed by atoms with Crippen LogP contribution < -0.4 is 15.0 Å². The maximum absolute atomic E-state index is 12.8. The third-order valence-corrected chi connectivity index (χ3v) is 5.86. The van der Waals surface area contributed by atoms with Crippen molar-refractivity contribution in [3.05, 3.63) is 66.2 Å². The molecule has 1 N–H and O–H groups in total. The molecule has 1 aliphatic rings. The average molecular weight is 435 g/mol. The van der Waals surface area contributed by atoms with E-state index in [9.17, 15) is 4.79 Å². The molecule has 7 heteroatoms. The lowest BCUT2D eigenvalue weighted by molar-refractivity contribution is 0.198. The Labute approximate surface area is 189 Å². The van der Waals surface area contributed by atoms with Crippen LogP contribution in [0.3, 0.4) is 0 Å². The van der Waals surface area contributed by atoms with Crippen LogP contribution in [-0.2, 0) is 0 Å². The third-order valence-electron chi connectivity index (χ3n) is 5.86. The molecule has 0 radical (unpaired) electrons. The van der Waals surface area contributed by atoms with Gasteiger partial charge in [0.05, 0.1) is 24.9 Å². The number of amides is 2. The Kier molecular flexibility index (Phi) is 6.63. The fourth-order valence-corrected chi connectivity index (χ4v) is 4.05. The molecule has 1 unspecified atom stereocenters. The van der Waals surface area contributed by atoms with Crippen molar-refractivity contribution in [1.82, 2.24) is 15.2 Å². The second-order valence-electron chi connectivity index (χ2n) is 8.04. The fourth-order valence-electron chi connectivity index (χ4n) is 4.05. The van der Waals surface area contributed by atoms with E-state index >= 15 is 0 Å². The highest BCUT2D eigenvalue weighted by Gasteiger charge is 2.22. The first-order chi connectivity index (χ1) is 15.5. The van der Waals surface area contributed by atoms with Gasteiger partial charge in [-0.15, -0.1) is 0 Å². The number of urea groups is 1. The summed E-state index contributed by atoms with van der Waals surface area (Å²) >= 11 is 0. The Morgan fingerprint density at radius 3 is 2.66 bits per heavy atom. The monoisotopic (exact) mass is 434 g/mol. The van der Waals surface area contributed by atoms with Crippen molar-refractivity contribution in [3.63, 3.8) is 0 Å². The summed E-state index contributed by atoms with van der Waals surface area (Å²) in [6, 6.07) is 16.1. The first-order valence-electron chi connectivity index (χ1n) is 11.0. The molecule has 7 nitrogen and oxygen atoms in total. The third kappa shape index (κ3) is 4.88. The number of carbonyl (C=O) groups excluding carboxylic acids is 1. The highest BCUT2D eigenvalue weighted by molar-refractivity contribution is 5.75. The number of nitrogens with one attached hydrogen (secondary N) is 1. The number of methoxy groups -OCH3 is 1. The lowest BCUT2D eigenvalue weighted by Gasteiger charge is -2.25. The minimum absolute atomic E-state index is 0.0168. The molecule has 0 spiro atoms. The molecule has 1 fully saturated rings. The van der Waals surface area contributed by atoms with Crippen LogP contribution in [0.25, 0.3) is 11.3 Å². The first kappa shape index (κ1) is 21.7. The zero-order valence-corrected chi connectivity index (χ0v) is 18.9. The Morgan fingerprint density at radius 2 is 1.94 bits per heavy atom. The Hall–Kier alpha value is -3.48. The number of hydrogen-bond donors (Lipinski definition) is 1. The number of anilines is 1. The largest absolute Gasteiger partial charge is 0.496 e. The fraction of sp³-hybridized carbons (Fsp3) is 0.360. The van der Waals surface area contributed by atoms with Gasteiger partial charge in [0.15, 0.2) is 11.7 Å². The molecular weight excluding hydrogens is 404 g/mol. The van der Waals surface area contributed by atoms with Crippen LogP contribution in [0.15, 0.2) is 59.1 Å². The normalized spacial score (nSPS) is 15.2. The molecule has 3 aromatic rings. The van der Waals surface area contributed by atoms with Crippen molar-refractivity contribution >= 4 is 11.7 Å². The smallest absolute Gasteiger partial charge is 0.317 e. The van der Waals surface area contributed by atoms with Gasteiger partial charge in [-0.1, -0.05) is 30.3 Å². The maximum atomic E-state index is 12.8. The highest BCUT2D eigenvalue weighted by atomic mass is 16.5. The zero-order chi connectivity index (χ0) is 22.5. The number of hydrogen-bond acceptors (Lipinski definition) is 5. The number of aromatic nitrogens is 1. The van der Waals surface area contributed by atoms with Crippen molar-refractivity contribution in [2.24, 2.45) is 0 Å². The molecule has 32 heavy (non-hydrogen) atoms. The van der Waals surface area contributed by atoms with Gasteiger partial charge in [-0.25, -0.2) is 9.78 Å². The van der Waals surface area contributed by atoms with Gasteiger partial charge in [0.2, 0.25) is 0 Å². The predicted octanol–water partition coefficient (Wildman–Crippen LogP) is 4.64. The van der Waals surface area contributed by atoms with Crippen LogP contribution in [0.1, 0.15) is 30.8 Å². The van der Waals surface area contributed by atoms with Gasteiger partial charge < -0.3 is 24.3 Å². The summed E-state index contributed by atoms with van der Waals surface area (Å²) in [6.07, 6.45) is 2.62. The standard InChI is InChI=1S/C25H30N4O3/c1-18(20-8-5-4-6-9-20)27-25(30)29-13-7-12-28(14-15-29)21-10-11-22(23(16-21)31-3)24-17-26-19(2)32-24/h4-6,8-11,16-18H,7,12-15H2,1-3H3,(H,27,30). The molecule has 0 aliphatic carbocycles. The van der Waals surface area contributed by atoms with Crippen LogP contribution in [0.5, 0.6) is 5.75 Å². The molecule has 1 atom stereocenters. The minimum atomic E-state index is -0.0282. The molecule has 1 aliphatic heterocycles. The first-order valence-corrected chi connectivity index (χ1v) is 11.0. The molecule has 2 heterocycles. The number of oxazole rings is 1. The van der Waals surface area contributed by atoms with Gasteiger partial charge in [0.1, 0.15) is 5.75 Å². The Balaban J connectivity index is 1.41. The average Bonchev–Trinajstić information content (AvgIpc) is 3.10. The van der Waals surface area contributed by atoms with Crippen LogP contribution in [0, 0.1) is 6.92 Å².